The second-order valence-electron chi connectivity index (χ2n) is 1.92. The highest BCUT2D eigenvalue weighted by Gasteiger charge is 2.01. The van der Waals surface area contributed by atoms with Crippen LogP contribution in [0.5, 0.6) is 0 Å². The smallest absolute Gasteiger partial charge is 0.153 e. The van der Waals surface area contributed by atoms with E-state index in [1.165, 1.54) is 0 Å². The summed E-state index contributed by atoms with van der Waals surface area (Å²) in [5, 5.41) is 2.58. The molecule has 1 aromatic rings. The predicted octanol–water partition coefficient (Wildman–Crippen LogP) is 1.73. The van der Waals surface area contributed by atoms with E-state index in [1.54, 1.807) is 0 Å². The van der Waals surface area contributed by atoms with Gasteiger partial charge in [0.15, 0.2) is 5.76 Å². The molecule has 40 valence electrons. The van der Waals surface area contributed by atoms with Gasteiger partial charge in [-0.3, -0.25) is 0 Å². The fourth-order valence-electron chi connectivity index (χ4n) is 0.411. The minimum atomic E-state index is 0.529. The van der Waals surface area contributed by atoms with Crippen molar-refractivity contribution in [2.75, 3.05) is 0 Å². The second-order valence-corrected chi connectivity index (χ2v) is 1.92. The third-order valence-electron chi connectivity index (χ3n) is 0.947. The van der Waals surface area contributed by atoms with Crippen molar-refractivity contribution in [3.8, 4) is 0 Å². The molecule has 0 aromatic carbocycles. The molecule has 0 bridgehead atoms. The summed E-state index contributed by atoms with van der Waals surface area (Å²) in [5.41, 5.74) is 0. The van der Waals surface area contributed by atoms with Crippen LogP contribution in [0, 0.1) is 0 Å². The van der Waals surface area contributed by atoms with E-state index >= 15 is 0 Å². The Morgan fingerprint density at radius 1 is 1.71 bits per heavy atom. The fourth-order valence-corrected chi connectivity index (χ4v) is 0.411. The van der Waals surface area contributed by atoms with E-state index in [-0.39, 0.29) is 0 Å². The molecule has 0 spiro atoms. The van der Waals surface area contributed by atoms with Crippen LogP contribution in [0.1, 0.15) is 25.5 Å². The Balaban J connectivity index is 2.54. The summed E-state index contributed by atoms with van der Waals surface area (Å²) in [7, 11) is 0. The van der Waals surface area contributed by atoms with E-state index in [4.69, 9.17) is 4.52 Å². The molecule has 0 saturated carbocycles. The Hall–Kier alpha value is -0.660. The van der Waals surface area contributed by atoms with E-state index < -0.39 is 0 Å². The molecule has 7 heavy (non-hydrogen) atoms. The number of aromatic nitrogens is 1. The van der Waals surface area contributed by atoms with Crippen LogP contribution in [0.3, 0.4) is 0 Å². The lowest BCUT2D eigenvalue weighted by atomic mass is 10.2. The average Bonchev–Trinajstić information content (AvgIpc) is 1.23. The number of nitrogens with one attached hydrogen (secondary N) is 1. The van der Waals surface area contributed by atoms with Gasteiger partial charge in [-0.05, 0) is 0 Å². The fraction of sp³-hybridized carbons (Fsp3) is 0.600. The maximum absolute atomic E-state index is 4.80. The molecule has 1 N–H and O–H groups in total. The topological polar surface area (TPSA) is 28.9 Å². The van der Waals surface area contributed by atoms with Crippen molar-refractivity contribution in [3.05, 3.63) is 12.0 Å². The van der Waals surface area contributed by atoms with Gasteiger partial charge in [0, 0.05) is 5.92 Å². The van der Waals surface area contributed by atoms with Gasteiger partial charge in [-0.15, -0.1) is 0 Å². The molecule has 0 aliphatic heterocycles. The molecule has 0 fully saturated rings. The maximum atomic E-state index is 4.80. The van der Waals surface area contributed by atoms with E-state index in [0.717, 1.165) is 5.76 Å². The molecular formula is C5H9NO. The van der Waals surface area contributed by atoms with Gasteiger partial charge in [0.1, 0.15) is 0 Å². The molecule has 0 aliphatic carbocycles. The van der Waals surface area contributed by atoms with Crippen LogP contribution in [-0.2, 0) is 0 Å². The monoisotopic (exact) mass is 99.1 g/mol. The normalized spacial score (nSPS) is 10.7. The lowest BCUT2D eigenvalue weighted by molar-refractivity contribution is 0.303. The van der Waals surface area contributed by atoms with Crippen LogP contribution in [0.15, 0.2) is 10.7 Å². The van der Waals surface area contributed by atoms with Gasteiger partial charge in [0.2, 0.25) is 0 Å². The Labute approximate surface area is 42.5 Å². The SMILES string of the molecule is CC(C)c1c[nH]o1. The first kappa shape index (κ1) is 4.50. The largest absolute Gasteiger partial charge is 0.385 e. The first-order chi connectivity index (χ1) is 3.30. The Morgan fingerprint density at radius 3 is 2.29 bits per heavy atom. The van der Waals surface area contributed by atoms with Crippen molar-refractivity contribution in [1.82, 2.24) is 5.16 Å². The summed E-state index contributed by atoms with van der Waals surface area (Å²) < 4.78 is 4.80. The van der Waals surface area contributed by atoms with Crippen LogP contribution in [-0.4, -0.2) is 5.16 Å². The lowest BCUT2D eigenvalue weighted by Gasteiger charge is -2.03. The molecule has 1 heterocycles. The molecule has 2 nitrogen and oxygen atoms in total. The Kier molecular flexibility index (Phi) is 0.929. The average molecular weight is 99.1 g/mol. The van der Waals surface area contributed by atoms with Gasteiger partial charge < -0.3 is 4.52 Å². The zero-order valence-corrected chi connectivity index (χ0v) is 4.56. The molecule has 0 saturated heterocycles. The third-order valence-corrected chi connectivity index (χ3v) is 0.947. The summed E-state index contributed by atoms with van der Waals surface area (Å²) in [5.74, 6) is 1.57. The highest BCUT2D eigenvalue weighted by molar-refractivity contribution is 4.93. The summed E-state index contributed by atoms with van der Waals surface area (Å²) in [6, 6.07) is 0. The van der Waals surface area contributed by atoms with Gasteiger partial charge in [0.05, 0.1) is 6.20 Å². The molecule has 0 aliphatic rings. The van der Waals surface area contributed by atoms with E-state index in [2.05, 4.69) is 19.0 Å². The summed E-state index contributed by atoms with van der Waals surface area (Å²) in [6.45, 7) is 4.18. The van der Waals surface area contributed by atoms with Crippen LogP contribution in [0.25, 0.3) is 0 Å². The van der Waals surface area contributed by atoms with Crippen LogP contribution < -0.4 is 0 Å². The highest BCUT2D eigenvalue weighted by Crippen LogP contribution is 2.11. The minimum absolute atomic E-state index is 0.529. The second kappa shape index (κ2) is 1.45. The number of aromatic amines is 1. The van der Waals surface area contributed by atoms with Crippen molar-refractivity contribution >= 4 is 0 Å². The molecule has 0 atom stereocenters. The van der Waals surface area contributed by atoms with Crippen molar-refractivity contribution in [2.24, 2.45) is 0 Å². The van der Waals surface area contributed by atoms with E-state index in [0.29, 0.717) is 5.92 Å². The van der Waals surface area contributed by atoms with Gasteiger partial charge in [-0.1, -0.05) is 13.8 Å². The van der Waals surface area contributed by atoms with Crippen molar-refractivity contribution in [1.29, 1.82) is 0 Å². The molecule has 0 radical (unpaired) electrons. The zero-order chi connectivity index (χ0) is 5.28. The van der Waals surface area contributed by atoms with Crippen molar-refractivity contribution < 1.29 is 4.52 Å². The number of hydrogen-bond donors (Lipinski definition) is 1. The quantitative estimate of drug-likeness (QED) is 0.570. The number of hydrogen-bond acceptors (Lipinski definition) is 1. The maximum Gasteiger partial charge on any atom is 0.153 e. The van der Waals surface area contributed by atoms with E-state index in [9.17, 15) is 0 Å². The summed E-state index contributed by atoms with van der Waals surface area (Å²) in [4.78, 5) is 0. The molecule has 1 rings (SSSR count). The van der Waals surface area contributed by atoms with Gasteiger partial charge >= 0.3 is 0 Å². The van der Waals surface area contributed by atoms with Gasteiger partial charge in [-0.2, -0.15) is 0 Å². The Morgan fingerprint density at radius 2 is 2.29 bits per heavy atom. The van der Waals surface area contributed by atoms with Crippen LogP contribution >= 0.6 is 0 Å². The number of H-pyrrole nitrogens is 1. The highest BCUT2D eigenvalue weighted by atomic mass is 16.5. The Bertz CT molecular complexity index is 120. The molecule has 1 aromatic heterocycles. The van der Waals surface area contributed by atoms with Crippen molar-refractivity contribution in [3.63, 3.8) is 0 Å². The minimum Gasteiger partial charge on any atom is -0.385 e. The first-order valence-corrected chi connectivity index (χ1v) is 2.43. The summed E-state index contributed by atoms with van der Waals surface area (Å²) >= 11 is 0. The van der Waals surface area contributed by atoms with Gasteiger partial charge in [-0.25, -0.2) is 5.16 Å². The summed E-state index contributed by atoms with van der Waals surface area (Å²) in [6.07, 6.45) is 1.87. The first-order valence-electron chi connectivity index (χ1n) is 2.43. The van der Waals surface area contributed by atoms with Gasteiger partial charge in [0.25, 0.3) is 0 Å². The molecular weight excluding hydrogens is 90.1 g/mol. The van der Waals surface area contributed by atoms with Crippen molar-refractivity contribution in [2.45, 2.75) is 19.8 Å². The van der Waals surface area contributed by atoms with Crippen LogP contribution in [0.4, 0.5) is 0 Å². The van der Waals surface area contributed by atoms with Crippen LogP contribution in [0.2, 0.25) is 0 Å². The standard InChI is InChI=1S/C5H9NO/c1-4(2)5-3-6-7-5/h3-4,6H,1-2H3. The third kappa shape index (κ3) is 0.683. The predicted molar refractivity (Wildman–Crippen MR) is 27.1 cm³/mol. The number of rotatable bonds is 1. The molecule has 2 heteroatoms. The zero-order valence-electron chi connectivity index (χ0n) is 4.56. The lowest BCUT2D eigenvalue weighted by Crippen LogP contribution is -1.91. The molecule has 0 amide bonds. The molecule has 0 unspecified atom stereocenters. The van der Waals surface area contributed by atoms with E-state index in [1.807, 2.05) is 6.20 Å².